The number of halogens is 1. The summed E-state index contributed by atoms with van der Waals surface area (Å²) in [5.74, 6) is 0.484. The summed E-state index contributed by atoms with van der Waals surface area (Å²) in [5.41, 5.74) is 2.78. The van der Waals surface area contributed by atoms with Gasteiger partial charge in [0.05, 0.1) is 12.8 Å². The van der Waals surface area contributed by atoms with Gasteiger partial charge in [-0.1, -0.05) is 6.07 Å². The highest BCUT2D eigenvalue weighted by atomic mass is 19.1. The molecule has 0 radical (unpaired) electrons. The van der Waals surface area contributed by atoms with Crippen molar-refractivity contribution in [2.24, 2.45) is 0 Å². The Morgan fingerprint density at radius 3 is 2.53 bits per heavy atom. The van der Waals surface area contributed by atoms with Crippen LogP contribution in [-0.4, -0.2) is 24.4 Å². The van der Waals surface area contributed by atoms with Gasteiger partial charge in [-0.2, -0.15) is 0 Å². The van der Waals surface area contributed by atoms with Crippen molar-refractivity contribution in [1.82, 2.24) is 10.2 Å². The molecule has 0 spiro atoms. The zero-order valence-corrected chi connectivity index (χ0v) is 11.4. The normalized spacial score (nSPS) is 10.4. The summed E-state index contributed by atoms with van der Waals surface area (Å²) < 4.78 is 19.2. The number of benzene rings is 1. The van der Waals surface area contributed by atoms with Crippen LogP contribution >= 0.6 is 0 Å². The van der Waals surface area contributed by atoms with Gasteiger partial charge in [0, 0.05) is 12.6 Å². The number of nitrogens with zero attached hydrogens (tertiary/aromatic N) is 2. The first-order valence-corrected chi connectivity index (χ1v) is 5.94. The van der Waals surface area contributed by atoms with E-state index >= 15 is 0 Å². The highest BCUT2D eigenvalue weighted by molar-refractivity contribution is 5.68. The topological polar surface area (TPSA) is 47.0 Å². The largest absolute Gasteiger partial charge is 0.494 e. The smallest absolute Gasteiger partial charge is 0.174 e. The van der Waals surface area contributed by atoms with Crippen LogP contribution in [-0.2, 0) is 0 Å². The van der Waals surface area contributed by atoms with Crippen molar-refractivity contribution in [3.8, 4) is 17.0 Å². The predicted molar refractivity (Wildman–Crippen MR) is 73.0 cm³/mol. The van der Waals surface area contributed by atoms with E-state index in [1.54, 1.807) is 25.2 Å². The second kappa shape index (κ2) is 5.22. The Kier molecular flexibility index (Phi) is 3.64. The maximum Gasteiger partial charge on any atom is 0.174 e. The molecule has 0 unspecified atom stereocenters. The number of ether oxygens (including phenoxy) is 1. The molecule has 2 rings (SSSR count). The van der Waals surface area contributed by atoms with Crippen LogP contribution < -0.4 is 10.1 Å². The van der Waals surface area contributed by atoms with E-state index in [4.69, 9.17) is 4.74 Å². The number of hydrogen-bond acceptors (Lipinski definition) is 4. The minimum absolute atomic E-state index is 0.203. The third-order valence-corrected chi connectivity index (χ3v) is 3.20. The minimum Gasteiger partial charge on any atom is -0.494 e. The molecule has 1 aromatic heterocycles. The lowest BCUT2D eigenvalue weighted by atomic mass is 10.0. The van der Waals surface area contributed by atoms with Crippen molar-refractivity contribution in [3.05, 3.63) is 35.1 Å². The first-order valence-electron chi connectivity index (χ1n) is 5.94. The quantitative estimate of drug-likeness (QED) is 0.922. The summed E-state index contributed by atoms with van der Waals surface area (Å²) in [4.78, 5) is 0. The van der Waals surface area contributed by atoms with Crippen LogP contribution in [0.4, 0.5) is 10.2 Å². The summed E-state index contributed by atoms with van der Waals surface area (Å²) >= 11 is 0. The number of hydrogen-bond donors (Lipinski definition) is 1. The van der Waals surface area contributed by atoms with Gasteiger partial charge < -0.3 is 10.1 Å². The first kappa shape index (κ1) is 13.3. The van der Waals surface area contributed by atoms with Gasteiger partial charge in [-0.25, -0.2) is 4.39 Å². The highest BCUT2D eigenvalue weighted by Crippen LogP contribution is 2.31. The second-order valence-corrected chi connectivity index (χ2v) is 4.22. The number of rotatable bonds is 3. The van der Waals surface area contributed by atoms with Gasteiger partial charge in [-0.15, -0.1) is 10.2 Å². The van der Waals surface area contributed by atoms with Crippen LogP contribution in [0.25, 0.3) is 11.3 Å². The van der Waals surface area contributed by atoms with Crippen LogP contribution in [0.5, 0.6) is 5.75 Å². The third-order valence-electron chi connectivity index (χ3n) is 3.20. The summed E-state index contributed by atoms with van der Waals surface area (Å²) in [6, 6.07) is 4.99. The van der Waals surface area contributed by atoms with Gasteiger partial charge >= 0.3 is 0 Å². The van der Waals surface area contributed by atoms with Crippen molar-refractivity contribution in [1.29, 1.82) is 0 Å². The average Bonchev–Trinajstić information content (AvgIpc) is 2.43. The van der Waals surface area contributed by atoms with Crippen LogP contribution in [0.3, 0.4) is 0 Å². The van der Waals surface area contributed by atoms with E-state index in [1.807, 2.05) is 13.8 Å². The number of methoxy groups -OCH3 is 1. The molecule has 1 heterocycles. The standard InChI is InChI=1S/C14H16FN3O/c1-8-9(2)14(16-3)18-17-13(8)10-6-5-7-11(19-4)12(10)15/h5-7H,1-4H3,(H,16,18). The van der Waals surface area contributed by atoms with Crippen molar-refractivity contribution < 1.29 is 9.13 Å². The molecule has 19 heavy (non-hydrogen) atoms. The van der Waals surface area contributed by atoms with E-state index < -0.39 is 5.82 Å². The Morgan fingerprint density at radius 2 is 1.89 bits per heavy atom. The van der Waals surface area contributed by atoms with Crippen LogP contribution in [0.15, 0.2) is 18.2 Å². The maximum absolute atomic E-state index is 14.2. The number of nitrogens with one attached hydrogen (secondary N) is 1. The Hall–Kier alpha value is -2.17. The van der Waals surface area contributed by atoms with Crippen molar-refractivity contribution in [3.63, 3.8) is 0 Å². The highest BCUT2D eigenvalue weighted by Gasteiger charge is 2.16. The molecule has 0 amide bonds. The SMILES string of the molecule is CNc1nnc(-c2cccc(OC)c2F)c(C)c1C. The lowest BCUT2D eigenvalue weighted by molar-refractivity contribution is 0.387. The van der Waals surface area contributed by atoms with E-state index in [-0.39, 0.29) is 5.75 Å². The molecular weight excluding hydrogens is 245 g/mol. The van der Waals surface area contributed by atoms with E-state index in [1.165, 1.54) is 7.11 Å². The fourth-order valence-electron chi connectivity index (χ4n) is 1.95. The maximum atomic E-state index is 14.2. The molecule has 5 heteroatoms. The molecule has 0 aliphatic heterocycles. The summed E-state index contributed by atoms with van der Waals surface area (Å²) in [7, 11) is 3.22. The van der Waals surface area contributed by atoms with Gasteiger partial charge in [0.15, 0.2) is 17.4 Å². The van der Waals surface area contributed by atoms with Gasteiger partial charge in [0.2, 0.25) is 0 Å². The Balaban J connectivity index is 2.63. The predicted octanol–water partition coefficient (Wildman–Crippen LogP) is 2.95. The molecule has 0 atom stereocenters. The molecule has 0 bridgehead atoms. The lowest BCUT2D eigenvalue weighted by Crippen LogP contribution is -2.03. The fraction of sp³-hybridized carbons (Fsp3) is 0.286. The fourth-order valence-corrected chi connectivity index (χ4v) is 1.95. The van der Waals surface area contributed by atoms with E-state index in [9.17, 15) is 4.39 Å². The average molecular weight is 261 g/mol. The zero-order valence-electron chi connectivity index (χ0n) is 11.4. The molecular formula is C14H16FN3O. The van der Waals surface area contributed by atoms with E-state index in [2.05, 4.69) is 15.5 Å². The molecule has 0 aliphatic rings. The van der Waals surface area contributed by atoms with Crippen molar-refractivity contribution in [2.75, 3.05) is 19.5 Å². The third kappa shape index (κ3) is 2.23. The molecule has 0 saturated carbocycles. The molecule has 1 N–H and O–H groups in total. The Labute approximate surface area is 111 Å². The molecule has 100 valence electrons. The van der Waals surface area contributed by atoms with Gasteiger partial charge in [-0.05, 0) is 37.1 Å². The Bertz CT molecular complexity index is 614. The lowest BCUT2D eigenvalue weighted by Gasteiger charge is -2.12. The minimum atomic E-state index is -0.418. The second-order valence-electron chi connectivity index (χ2n) is 4.22. The molecule has 2 aromatic rings. The van der Waals surface area contributed by atoms with Gasteiger partial charge in [0.25, 0.3) is 0 Å². The summed E-state index contributed by atoms with van der Waals surface area (Å²) in [6.45, 7) is 3.83. The molecule has 1 aromatic carbocycles. The zero-order chi connectivity index (χ0) is 14.0. The Morgan fingerprint density at radius 1 is 1.16 bits per heavy atom. The van der Waals surface area contributed by atoms with Crippen LogP contribution in [0.1, 0.15) is 11.1 Å². The molecule has 4 nitrogen and oxygen atoms in total. The molecule has 0 aliphatic carbocycles. The van der Waals surface area contributed by atoms with E-state index in [0.29, 0.717) is 17.1 Å². The molecule has 0 fully saturated rings. The number of anilines is 1. The van der Waals surface area contributed by atoms with Crippen molar-refractivity contribution >= 4 is 5.82 Å². The summed E-state index contributed by atoms with van der Waals surface area (Å²) in [5, 5.41) is 11.1. The van der Waals surface area contributed by atoms with E-state index in [0.717, 1.165) is 11.1 Å². The van der Waals surface area contributed by atoms with Gasteiger partial charge in [0.1, 0.15) is 0 Å². The van der Waals surface area contributed by atoms with Crippen molar-refractivity contribution in [2.45, 2.75) is 13.8 Å². The monoisotopic (exact) mass is 261 g/mol. The summed E-state index contributed by atoms with van der Waals surface area (Å²) in [6.07, 6.45) is 0. The van der Waals surface area contributed by atoms with Gasteiger partial charge in [-0.3, -0.25) is 0 Å². The first-order chi connectivity index (χ1) is 9.10. The number of aromatic nitrogens is 2. The molecule has 0 saturated heterocycles. The van der Waals surface area contributed by atoms with Crippen LogP contribution in [0, 0.1) is 19.7 Å². The van der Waals surface area contributed by atoms with Crippen LogP contribution in [0.2, 0.25) is 0 Å².